The van der Waals surface area contributed by atoms with E-state index in [2.05, 4.69) is 41.2 Å². The van der Waals surface area contributed by atoms with Crippen molar-refractivity contribution in [1.82, 2.24) is 35.5 Å². The first kappa shape index (κ1) is 36.2. The molecule has 0 spiro atoms. The number of carbonyl (C=O) groups is 1. The second-order valence-corrected chi connectivity index (χ2v) is 14.4. The lowest BCUT2D eigenvalue weighted by Crippen LogP contribution is -2.18. The molecule has 0 radical (unpaired) electrons. The van der Waals surface area contributed by atoms with Crippen molar-refractivity contribution in [3.8, 4) is 5.75 Å². The average molecular weight is 730 g/mol. The number of fused-ring (bicyclic) bond motifs is 1. The number of alkyl halides is 3. The maximum Gasteiger partial charge on any atom is 0.421 e. The molecule has 4 aromatic rings. The number of benzene rings is 2. The Hall–Kier alpha value is -4.60. The van der Waals surface area contributed by atoms with Gasteiger partial charge < -0.3 is 29.3 Å². The van der Waals surface area contributed by atoms with Crippen LogP contribution in [-0.2, 0) is 32.5 Å². The number of hydrogen-bond acceptors (Lipinski definition) is 12. The summed E-state index contributed by atoms with van der Waals surface area (Å²) in [7, 11) is -0.310. The van der Waals surface area contributed by atoms with Crippen LogP contribution in [0.15, 0.2) is 36.5 Å². The number of ether oxygens (including phenoxy) is 1. The van der Waals surface area contributed by atoms with Gasteiger partial charge in [-0.15, -0.1) is 10.2 Å². The van der Waals surface area contributed by atoms with Gasteiger partial charge in [0, 0.05) is 25.7 Å². The zero-order chi connectivity index (χ0) is 36.3. The molecule has 272 valence electrons. The summed E-state index contributed by atoms with van der Waals surface area (Å²) in [6.45, 7) is 4.19. The first-order valence-electron chi connectivity index (χ1n) is 16.6. The fourth-order valence-corrected chi connectivity index (χ4v) is 8.43. The highest BCUT2D eigenvalue weighted by molar-refractivity contribution is 7.53. The lowest BCUT2D eigenvalue weighted by Gasteiger charge is -2.28. The van der Waals surface area contributed by atoms with Crippen LogP contribution in [-0.4, -0.2) is 68.8 Å². The van der Waals surface area contributed by atoms with Crippen LogP contribution in [0.4, 0.5) is 36.3 Å². The van der Waals surface area contributed by atoms with Crippen LogP contribution in [0.5, 0.6) is 5.75 Å². The second-order valence-electron chi connectivity index (χ2n) is 12.4. The highest BCUT2D eigenvalue weighted by Gasteiger charge is 2.38. The average Bonchev–Trinajstić information content (AvgIpc) is 3.74. The van der Waals surface area contributed by atoms with Gasteiger partial charge in [0.2, 0.25) is 5.95 Å². The Morgan fingerprint density at radius 2 is 1.73 bits per heavy atom. The molecular formula is C33H39F3N9O5P. The van der Waals surface area contributed by atoms with Crippen molar-refractivity contribution in [3.05, 3.63) is 70.2 Å². The van der Waals surface area contributed by atoms with Crippen molar-refractivity contribution in [2.24, 2.45) is 0 Å². The summed E-state index contributed by atoms with van der Waals surface area (Å²) in [5, 5.41) is 20.2. The third-order valence-electron chi connectivity index (χ3n) is 9.09. The van der Waals surface area contributed by atoms with Crippen molar-refractivity contribution in [3.63, 3.8) is 0 Å². The molecule has 1 aliphatic heterocycles. The lowest BCUT2D eigenvalue weighted by atomic mass is 9.76. The fourth-order valence-electron chi connectivity index (χ4n) is 6.75. The molecule has 1 aliphatic carbocycles. The van der Waals surface area contributed by atoms with Crippen LogP contribution >= 0.6 is 7.60 Å². The second kappa shape index (κ2) is 14.9. The van der Waals surface area contributed by atoms with E-state index in [-0.39, 0.29) is 48.8 Å². The summed E-state index contributed by atoms with van der Waals surface area (Å²) in [5.74, 6) is 0.384. The highest BCUT2D eigenvalue weighted by atomic mass is 31.2. The Morgan fingerprint density at radius 3 is 2.37 bits per heavy atom. The number of hydrogen-bond donors (Lipinski definition) is 3. The van der Waals surface area contributed by atoms with Gasteiger partial charge in [0.15, 0.2) is 5.82 Å². The largest absolute Gasteiger partial charge is 0.495 e. The van der Waals surface area contributed by atoms with Gasteiger partial charge in [-0.05, 0) is 80.3 Å². The number of aromatic amines is 1. The number of amides is 1. The summed E-state index contributed by atoms with van der Waals surface area (Å²) < 4.78 is 72.2. The van der Waals surface area contributed by atoms with Gasteiger partial charge >= 0.3 is 13.8 Å². The van der Waals surface area contributed by atoms with E-state index >= 15 is 0 Å². The third-order valence-corrected chi connectivity index (χ3v) is 11.1. The number of methoxy groups -OCH3 is 1. The molecule has 51 heavy (non-hydrogen) atoms. The van der Waals surface area contributed by atoms with Crippen LogP contribution in [0.1, 0.15) is 89.8 Å². The summed E-state index contributed by atoms with van der Waals surface area (Å²) in [6, 6.07) is 8.45. The zero-order valence-corrected chi connectivity index (χ0v) is 29.5. The quantitative estimate of drug-likeness (QED) is 0.118. The van der Waals surface area contributed by atoms with E-state index in [1.807, 2.05) is 6.07 Å². The molecule has 0 saturated heterocycles. The standard InChI is InChI=1S/C33H39F3N9O5P/c1-5-49-51(47,50-6-2)18-19-7-13-25(27(15-19)48-4)39-32-37-16-24(33(34,35)36)30(40-32)38-26-14-12-22(23-17-45(3)31(46)28(23)26)20-8-10-21(11-9-20)29-41-43-44-42-29/h7,12-16,20-21H,5-6,8-11,17-18H2,1-4H3,(H2,37,38,39,40)(H,41,42,43,44). The van der Waals surface area contributed by atoms with E-state index in [1.54, 1.807) is 50.1 Å². The number of aromatic nitrogens is 6. The van der Waals surface area contributed by atoms with Crippen molar-refractivity contribution >= 4 is 36.6 Å². The summed E-state index contributed by atoms with van der Waals surface area (Å²) in [6.07, 6.45) is -0.724. The number of carbonyl (C=O) groups excluding carboxylic acids is 1. The minimum Gasteiger partial charge on any atom is -0.495 e. The molecule has 1 fully saturated rings. The Morgan fingerprint density at radius 1 is 1.02 bits per heavy atom. The highest BCUT2D eigenvalue weighted by Crippen LogP contribution is 2.52. The van der Waals surface area contributed by atoms with E-state index in [4.69, 9.17) is 13.8 Å². The molecule has 6 rings (SSSR count). The van der Waals surface area contributed by atoms with Crippen molar-refractivity contribution in [1.29, 1.82) is 0 Å². The minimum atomic E-state index is -4.80. The number of H-pyrrole nitrogens is 1. The van der Waals surface area contributed by atoms with E-state index in [1.165, 1.54) is 7.11 Å². The third kappa shape index (κ3) is 7.85. The lowest BCUT2D eigenvalue weighted by molar-refractivity contribution is -0.137. The fraction of sp³-hybridized carbons (Fsp3) is 0.455. The van der Waals surface area contributed by atoms with E-state index in [0.717, 1.165) is 36.8 Å². The van der Waals surface area contributed by atoms with Gasteiger partial charge in [0.05, 0.1) is 43.4 Å². The molecular weight excluding hydrogens is 690 g/mol. The molecule has 0 bridgehead atoms. The number of tetrazole rings is 1. The topological polar surface area (TPSA) is 169 Å². The van der Waals surface area contributed by atoms with E-state index < -0.39 is 25.2 Å². The Kier molecular flexibility index (Phi) is 10.6. The summed E-state index contributed by atoms with van der Waals surface area (Å²) >= 11 is 0. The zero-order valence-electron chi connectivity index (χ0n) is 28.6. The van der Waals surface area contributed by atoms with Crippen molar-refractivity contribution in [2.75, 3.05) is 38.0 Å². The Balaban J connectivity index is 1.28. The van der Waals surface area contributed by atoms with Gasteiger partial charge in [0.1, 0.15) is 17.1 Å². The molecule has 3 heterocycles. The Labute approximate surface area is 292 Å². The summed E-state index contributed by atoms with van der Waals surface area (Å²) in [5.41, 5.74) is 2.19. The van der Waals surface area contributed by atoms with Crippen LogP contribution in [0.25, 0.3) is 0 Å². The maximum absolute atomic E-state index is 14.3. The van der Waals surface area contributed by atoms with Gasteiger partial charge in [-0.2, -0.15) is 23.4 Å². The van der Waals surface area contributed by atoms with E-state index in [9.17, 15) is 22.5 Å². The van der Waals surface area contributed by atoms with Crippen LogP contribution in [0.2, 0.25) is 0 Å². The predicted molar refractivity (Wildman–Crippen MR) is 182 cm³/mol. The van der Waals surface area contributed by atoms with Gasteiger partial charge in [0.25, 0.3) is 5.91 Å². The molecule has 0 unspecified atom stereocenters. The number of anilines is 4. The summed E-state index contributed by atoms with van der Waals surface area (Å²) in [4.78, 5) is 23.1. The first-order chi connectivity index (χ1) is 24.4. The molecule has 1 saturated carbocycles. The normalized spacial score (nSPS) is 17.8. The van der Waals surface area contributed by atoms with Crippen LogP contribution < -0.4 is 15.4 Å². The van der Waals surface area contributed by atoms with Gasteiger partial charge in [-0.1, -0.05) is 17.3 Å². The number of nitrogens with one attached hydrogen (secondary N) is 3. The van der Waals surface area contributed by atoms with Crippen molar-refractivity contribution in [2.45, 2.75) is 70.2 Å². The number of halogens is 3. The van der Waals surface area contributed by atoms with E-state index in [0.29, 0.717) is 41.1 Å². The smallest absolute Gasteiger partial charge is 0.421 e. The minimum absolute atomic E-state index is 0.00524. The molecule has 0 atom stereocenters. The van der Waals surface area contributed by atoms with Crippen LogP contribution in [0, 0.1) is 0 Å². The molecule has 18 heteroatoms. The molecule has 2 aromatic heterocycles. The number of nitrogens with zero attached hydrogens (tertiary/aromatic N) is 6. The van der Waals surface area contributed by atoms with Crippen molar-refractivity contribution < 1.29 is 36.3 Å². The van der Waals surface area contributed by atoms with Gasteiger partial charge in [-0.25, -0.2) is 4.98 Å². The molecule has 2 aromatic carbocycles. The Bertz CT molecular complexity index is 1910. The number of rotatable bonds is 13. The monoisotopic (exact) mass is 729 g/mol. The van der Waals surface area contributed by atoms with Gasteiger partial charge in [-0.3, -0.25) is 9.36 Å². The maximum atomic E-state index is 14.3. The SMILES string of the molecule is CCOP(=O)(Cc1ccc(Nc2ncc(C(F)(F)F)c(Nc3ccc(C4CCC(c5nn[nH]n5)CC4)c4c3C(=O)N(C)C4)n2)c(OC)c1)OCC. The molecule has 14 nitrogen and oxygen atoms in total. The van der Waals surface area contributed by atoms with Crippen LogP contribution in [0.3, 0.4) is 0 Å². The predicted octanol–water partition coefficient (Wildman–Crippen LogP) is 7.30. The molecule has 3 N–H and O–H groups in total. The first-order valence-corrected chi connectivity index (χ1v) is 18.3. The molecule has 1 amide bonds. The molecule has 2 aliphatic rings.